The number of fused-ring (bicyclic) bond motifs is 4. The summed E-state index contributed by atoms with van der Waals surface area (Å²) >= 11 is 0. The van der Waals surface area contributed by atoms with Crippen molar-refractivity contribution in [2.45, 2.75) is 0 Å². The van der Waals surface area contributed by atoms with Crippen molar-refractivity contribution < 1.29 is 0 Å². The van der Waals surface area contributed by atoms with Crippen molar-refractivity contribution in [3.8, 4) is 0 Å². The average Bonchev–Trinajstić information content (AvgIpc) is 2.71. The fourth-order valence-electron chi connectivity index (χ4n) is 4.03. The smallest absolute Gasteiger partial charge is 0.196 e. The minimum atomic E-state index is -0.490. The van der Waals surface area contributed by atoms with E-state index >= 15 is 0 Å². The maximum absolute atomic E-state index is 13.1. The van der Waals surface area contributed by atoms with E-state index in [1.54, 1.807) is 24.3 Å². The van der Waals surface area contributed by atoms with Gasteiger partial charge in [0, 0.05) is 21.5 Å². The Morgan fingerprint density at radius 2 is 0.643 bits per heavy atom. The van der Waals surface area contributed by atoms with Gasteiger partial charge in [-0.25, -0.2) is 0 Å². The van der Waals surface area contributed by atoms with Crippen molar-refractivity contribution in [1.82, 2.24) is 0 Å². The van der Waals surface area contributed by atoms with Gasteiger partial charge in [0.25, 0.3) is 0 Å². The minimum absolute atomic E-state index is 0.111. The van der Waals surface area contributed by atoms with E-state index in [1.807, 2.05) is 0 Å². The highest BCUT2D eigenvalue weighted by Gasteiger charge is 2.23. The van der Waals surface area contributed by atoms with Crippen molar-refractivity contribution in [2.24, 2.45) is 0 Å². The van der Waals surface area contributed by atoms with Gasteiger partial charge in [0.1, 0.15) is 0 Å². The molecule has 0 atom stereocenters. The van der Waals surface area contributed by atoms with Gasteiger partial charge in [0.05, 0.1) is 32.9 Å². The lowest BCUT2D eigenvalue weighted by Gasteiger charge is -2.11. The lowest BCUT2D eigenvalue weighted by Crippen LogP contribution is -2.21. The molecular weight excluding hydrogens is 356 g/mol. The topological polar surface area (TPSA) is 120 Å². The quantitative estimate of drug-likeness (QED) is 0.244. The number of nitrogen functional groups attached to an aromatic ring is 2. The second-order valence-corrected chi connectivity index (χ2v) is 6.74. The summed E-state index contributed by atoms with van der Waals surface area (Å²) in [5, 5.41) is 0.339. The van der Waals surface area contributed by atoms with Gasteiger partial charge in [0.15, 0.2) is 21.7 Å². The van der Waals surface area contributed by atoms with Crippen molar-refractivity contribution in [1.29, 1.82) is 0 Å². The van der Waals surface area contributed by atoms with Gasteiger partial charge in [-0.05, 0) is 0 Å². The van der Waals surface area contributed by atoms with E-state index in [0.29, 0.717) is 0 Å². The van der Waals surface area contributed by atoms with E-state index in [0.717, 1.165) is 0 Å². The Morgan fingerprint density at radius 1 is 0.429 bits per heavy atom. The molecule has 0 radical (unpaired) electrons. The number of benzene rings is 5. The zero-order valence-electron chi connectivity index (χ0n) is 14.4. The summed E-state index contributed by atoms with van der Waals surface area (Å²) in [6, 6.07) is 12.6. The lowest BCUT2D eigenvalue weighted by atomic mass is 9.92. The van der Waals surface area contributed by atoms with E-state index in [4.69, 9.17) is 11.5 Å². The number of hydrogen-bond acceptors (Lipinski definition) is 6. The number of hydrogen-bond donors (Lipinski definition) is 2. The van der Waals surface area contributed by atoms with Gasteiger partial charge in [-0.1, -0.05) is 48.5 Å². The maximum Gasteiger partial charge on any atom is 0.196 e. The SMILES string of the molecule is Nc1c2c(=O)c3ccccc3c(=O)c2c(N)c2c(=O)c3ccccc3c(=O)c12. The van der Waals surface area contributed by atoms with Gasteiger partial charge < -0.3 is 11.5 Å². The van der Waals surface area contributed by atoms with E-state index in [2.05, 4.69) is 0 Å². The summed E-state index contributed by atoms with van der Waals surface area (Å²) < 4.78 is 0. The van der Waals surface area contributed by atoms with E-state index < -0.39 is 21.7 Å². The Balaban J connectivity index is 2.27. The Hall–Kier alpha value is -4.06. The Kier molecular flexibility index (Phi) is 3.02. The summed E-state index contributed by atoms with van der Waals surface area (Å²) in [5.74, 6) is 0. The molecule has 0 bridgehead atoms. The monoisotopic (exact) mass is 368 g/mol. The van der Waals surface area contributed by atoms with Crippen LogP contribution in [0.2, 0.25) is 0 Å². The number of rotatable bonds is 0. The zero-order valence-corrected chi connectivity index (χ0v) is 14.4. The van der Waals surface area contributed by atoms with Crippen LogP contribution in [0.1, 0.15) is 0 Å². The van der Waals surface area contributed by atoms with E-state index in [1.165, 1.54) is 24.3 Å². The van der Waals surface area contributed by atoms with Crippen LogP contribution in [0.5, 0.6) is 0 Å². The van der Waals surface area contributed by atoms with Crippen molar-refractivity contribution in [3.05, 3.63) is 89.4 Å². The molecule has 0 aromatic heterocycles. The van der Waals surface area contributed by atoms with E-state index in [9.17, 15) is 19.2 Å². The highest BCUT2D eigenvalue weighted by Crippen LogP contribution is 2.32. The third-order valence-corrected chi connectivity index (χ3v) is 5.32. The highest BCUT2D eigenvalue weighted by molar-refractivity contribution is 6.22. The molecular formula is C22H12N2O4. The molecule has 0 aliphatic heterocycles. The molecule has 0 fully saturated rings. The third kappa shape index (κ3) is 1.76. The Labute approximate surface area is 155 Å². The summed E-state index contributed by atoms with van der Waals surface area (Å²) in [6.45, 7) is 0. The molecule has 0 amide bonds. The first-order chi connectivity index (χ1) is 13.4. The molecule has 6 nitrogen and oxygen atoms in total. The second-order valence-electron chi connectivity index (χ2n) is 6.74. The molecule has 134 valence electrons. The first-order valence-electron chi connectivity index (χ1n) is 8.55. The molecule has 5 aromatic carbocycles. The van der Waals surface area contributed by atoms with E-state index in [-0.39, 0.29) is 54.5 Å². The van der Waals surface area contributed by atoms with Gasteiger partial charge in [-0.15, -0.1) is 0 Å². The Bertz CT molecular complexity index is 1460. The van der Waals surface area contributed by atoms with Crippen molar-refractivity contribution >= 4 is 54.5 Å². The van der Waals surface area contributed by atoms with Gasteiger partial charge >= 0.3 is 0 Å². The summed E-state index contributed by atoms with van der Waals surface area (Å²) in [7, 11) is 0. The number of anilines is 2. The maximum atomic E-state index is 13.1. The van der Waals surface area contributed by atoms with Crippen LogP contribution in [0, 0.1) is 0 Å². The minimum Gasteiger partial charge on any atom is -0.397 e. The lowest BCUT2D eigenvalue weighted by molar-refractivity contribution is 1.63. The van der Waals surface area contributed by atoms with Crippen LogP contribution in [0.15, 0.2) is 67.7 Å². The normalized spacial score (nSPS) is 11.7. The van der Waals surface area contributed by atoms with Crippen LogP contribution in [0.25, 0.3) is 43.1 Å². The first-order valence-corrected chi connectivity index (χ1v) is 8.55. The first kappa shape index (κ1) is 16.1. The predicted molar refractivity (Wildman–Crippen MR) is 113 cm³/mol. The van der Waals surface area contributed by atoms with Crippen LogP contribution in [-0.2, 0) is 0 Å². The Morgan fingerprint density at radius 3 is 0.857 bits per heavy atom. The van der Waals surface area contributed by atoms with Crippen LogP contribution in [-0.4, -0.2) is 0 Å². The van der Waals surface area contributed by atoms with Crippen LogP contribution in [0.3, 0.4) is 0 Å². The molecule has 5 rings (SSSR count). The standard InChI is InChI=1S/C22H12N2O4/c23-17-13-14(20(26)10-6-2-1-5-9(10)19(13)25)18(24)16-15(17)21(27)11-7-3-4-8-12(11)22(16)28/h1-8H,23-24H2. The molecule has 0 heterocycles. The van der Waals surface area contributed by atoms with Crippen molar-refractivity contribution in [2.75, 3.05) is 11.5 Å². The predicted octanol–water partition coefficient (Wildman–Crippen LogP) is 1.78. The molecule has 0 unspecified atom stereocenters. The van der Waals surface area contributed by atoms with Crippen LogP contribution >= 0.6 is 0 Å². The van der Waals surface area contributed by atoms with Gasteiger partial charge in [-0.3, -0.25) is 19.2 Å². The molecule has 0 saturated carbocycles. The van der Waals surface area contributed by atoms with Crippen molar-refractivity contribution in [3.63, 3.8) is 0 Å². The molecule has 0 aliphatic rings. The summed E-state index contributed by atoms with van der Waals surface area (Å²) in [6.07, 6.45) is 0. The van der Waals surface area contributed by atoms with Crippen LogP contribution < -0.4 is 33.2 Å². The molecule has 0 spiro atoms. The third-order valence-electron chi connectivity index (χ3n) is 5.32. The zero-order chi connectivity index (χ0) is 19.7. The highest BCUT2D eigenvalue weighted by atomic mass is 16.1. The summed E-state index contributed by atoms with van der Waals surface area (Å²) in [5.41, 5.74) is 10.1. The summed E-state index contributed by atoms with van der Waals surface area (Å²) in [4.78, 5) is 52.2. The molecule has 4 N–H and O–H groups in total. The molecule has 28 heavy (non-hydrogen) atoms. The van der Waals surface area contributed by atoms with Crippen LogP contribution in [0.4, 0.5) is 11.4 Å². The average molecular weight is 368 g/mol. The fraction of sp³-hybridized carbons (Fsp3) is 0. The van der Waals surface area contributed by atoms with Gasteiger partial charge in [-0.2, -0.15) is 0 Å². The molecule has 0 aliphatic carbocycles. The largest absolute Gasteiger partial charge is 0.397 e. The molecule has 6 heteroatoms. The number of nitrogens with two attached hydrogens (primary N) is 2. The molecule has 5 aromatic rings. The van der Waals surface area contributed by atoms with Gasteiger partial charge in [0.2, 0.25) is 0 Å². The fourth-order valence-corrected chi connectivity index (χ4v) is 4.03. The second kappa shape index (κ2) is 5.23. The molecule has 0 saturated heterocycles.